The number of nitrogens with zero attached hydrogens (tertiary/aromatic N) is 2. The van der Waals surface area contributed by atoms with Gasteiger partial charge in [0.15, 0.2) is 0 Å². The maximum atomic E-state index is 12.8. The number of thioether (sulfide) groups is 1. The van der Waals surface area contributed by atoms with Crippen molar-refractivity contribution in [3.8, 4) is 0 Å². The van der Waals surface area contributed by atoms with Crippen molar-refractivity contribution < 1.29 is 9.59 Å². The lowest BCUT2D eigenvalue weighted by atomic mass is 10.0. The molecular weight excluding hydrogens is 481 g/mol. The second kappa shape index (κ2) is 11.0. The molecule has 0 saturated carbocycles. The van der Waals surface area contributed by atoms with E-state index in [0.29, 0.717) is 21.6 Å². The van der Waals surface area contributed by atoms with E-state index in [4.69, 9.17) is 23.2 Å². The van der Waals surface area contributed by atoms with Crippen molar-refractivity contribution in [1.82, 2.24) is 20.5 Å². The van der Waals surface area contributed by atoms with Crippen molar-refractivity contribution in [3.05, 3.63) is 69.0 Å². The van der Waals surface area contributed by atoms with Crippen LogP contribution in [0.4, 0.5) is 5.69 Å². The van der Waals surface area contributed by atoms with Crippen molar-refractivity contribution in [2.24, 2.45) is 5.92 Å². The maximum absolute atomic E-state index is 12.8. The fourth-order valence-electron chi connectivity index (χ4n) is 3.09. The van der Waals surface area contributed by atoms with Crippen LogP contribution in [0, 0.1) is 19.8 Å². The average Bonchev–Trinajstić information content (AvgIpc) is 3.21. The normalized spacial score (nSPS) is 12.0. The van der Waals surface area contributed by atoms with E-state index in [2.05, 4.69) is 25.8 Å². The van der Waals surface area contributed by atoms with Crippen molar-refractivity contribution in [3.63, 3.8) is 0 Å². The lowest BCUT2D eigenvalue weighted by molar-refractivity contribution is -0.113. The molecule has 1 aromatic heterocycles. The molecule has 1 heterocycles. The lowest BCUT2D eigenvalue weighted by Crippen LogP contribution is -2.32. The molecule has 3 N–H and O–H groups in total. The highest BCUT2D eigenvalue weighted by atomic mass is 35.5. The van der Waals surface area contributed by atoms with Crippen molar-refractivity contribution in [2.75, 3.05) is 11.1 Å². The minimum atomic E-state index is -0.421. The van der Waals surface area contributed by atoms with Crippen LogP contribution in [0.3, 0.4) is 0 Å². The van der Waals surface area contributed by atoms with Gasteiger partial charge in [0.1, 0.15) is 5.82 Å². The van der Waals surface area contributed by atoms with Gasteiger partial charge in [-0.1, -0.05) is 60.9 Å². The molecule has 2 aromatic carbocycles. The first-order valence-electron chi connectivity index (χ1n) is 10.3. The number of anilines is 1. The summed E-state index contributed by atoms with van der Waals surface area (Å²) in [6.45, 7) is 7.84. The van der Waals surface area contributed by atoms with Gasteiger partial charge in [-0.05, 0) is 55.2 Å². The Balaban J connectivity index is 1.63. The molecule has 7 nitrogen and oxygen atoms in total. The summed E-state index contributed by atoms with van der Waals surface area (Å²) in [4.78, 5) is 29.6. The van der Waals surface area contributed by atoms with Crippen LogP contribution in [0.2, 0.25) is 10.0 Å². The van der Waals surface area contributed by atoms with Crippen molar-refractivity contribution >= 4 is 52.5 Å². The third-order valence-electron chi connectivity index (χ3n) is 4.91. The largest absolute Gasteiger partial charge is 0.342 e. The summed E-state index contributed by atoms with van der Waals surface area (Å²) in [7, 11) is 0. The second-order valence-electron chi connectivity index (χ2n) is 7.98. The van der Waals surface area contributed by atoms with E-state index in [1.54, 1.807) is 12.1 Å². The van der Waals surface area contributed by atoms with E-state index >= 15 is 0 Å². The van der Waals surface area contributed by atoms with Crippen LogP contribution in [0.5, 0.6) is 0 Å². The Morgan fingerprint density at radius 1 is 1.12 bits per heavy atom. The van der Waals surface area contributed by atoms with Gasteiger partial charge < -0.3 is 10.6 Å². The van der Waals surface area contributed by atoms with Crippen LogP contribution in [0.1, 0.15) is 47.2 Å². The summed E-state index contributed by atoms with van der Waals surface area (Å²) in [5, 5.41) is 14.1. The number of carbonyl (C=O) groups is 2. The number of aryl methyl sites for hydroxylation is 2. The number of rotatable bonds is 8. The third-order valence-corrected chi connectivity index (χ3v) is 6.30. The standard InChI is InChI=1S/C23H25Cl2N5O2S/c1-12(2)20(27-22(32)16-8-7-15(24)10-17(16)25)21-28-23(30-29-21)33-11-19(31)26-18-9-13(3)5-6-14(18)4/h5-10,12,20H,11H2,1-4H3,(H,26,31)(H,27,32)(H,28,29,30)/t20-/m0/s1. The van der Waals surface area contributed by atoms with E-state index in [1.165, 1.54) is 17.8 Å². The van der Waals surface area contributed by atoms with Gasteiger partial charge in [-0.2, -0.15) is 0 Å². The highest BCUT2D eigenvalue weighted by Crippen LogP contribution is 2.25. The minimum Gasteiger partial charge on any atom is -0.342 e. The Kier molecular flexibility index (Phi) is 8.40. The molecule has 174 valence electrons. The quantitative estimate of drug-likeness (QED) is 0.346. The van der Waals surface area contributed by atoms with Crippen LogP contribution in [0.15, 0.2) is 41.6 Å². The molecule has 0 aliphatic rings. The van der Waals surface area contributed by atoms with Crippen LogP contribution in [-0.4, -0.2) is 32.7 Å². The summed E-state index contributed by atoms with van der Waals surface area (Å²) in [5.41, 5.74) is 3.18. The Morgan fingerprint density at radius 3 is 2.58 bits per heavy atom. The Labute approximate surface area is 207 Å². The number of amides is 2. The highest BCUT2D eigenvalue weighted by Gasteiger charge is 2.24. The number of halogens is 2. The number of aromatic nitrogens is 3. The number of benzene rings is 2. The monoisotopic (exact) mass is 505 g/mol. The minimum absolute atomic E-state index is 0.0263. The van der Waals surface area contributed by atoms with E-state index in [0.717, 1.165) is 16.8 Å². The zero-order valence-corrected chi connectivity index (χ0v) is 21.0. The van der Waals surface area contributed by atoms with Crippen LogP contribution >= 0.6 is 35.0 Å². The third kappa shape index (κ3) is 6.72. The molecule has 0 spiro atoms. The van der Waals surface area contributed by atoms with Crippen molar-refractivity contribution in [1.29, 1.82) is 0 Å². The van der Waals surface area contributed by atoms with Gasteiger partial charge in [0, 0.05) is 10.7 Å². The molecule has 0 saturated heterocycles. The van der Waals surface area contributed by atoms with E-state index in [9.17, 15) is 9.59 Å². The maximum Gasteiger partial charge on any atom is 0.253 e. The molecular formula is C23H25Cl2N5O2S. The molecule has 0 bridgehead atoms. The van der Waals surface area contributed by atoms with Gasteiger partial charge in [0.2, 0.25) is 11.1 Å². The zero-order valence-electron chi connectivity index (χ0n) is 18.7. The molecule has 3 rings (SSSR count). The summed E-state index contributed by atoms with van der Waals surface area (Å²) in [6, 6.07) is 10.2. The van der Waals surface area contributed by atoms with Gasteiger partial charge in [0.05, 0.1) is 22.4 Å². The summed E-state index contributed by atoms with van der Waals surface area (Å²) in [5.74, 6) is 0.198. The second-order valence-corrected chi connectivity index (χ2v) is 9.76. The number of carbonyl (C=O) groups excluding carboxylic acids is 2. The van der Waals surface area contributed by atoms with Gasteiger partial charge in [-0.25, -0.2) is 4.98 Å². The first-order chi connectivity index (χ1) is 15.6. The van der Waals surface area contributed by atoms with Crippen LogP contribution in [0.25, 0.3) is 0 Å². The van der Waals surface area contributed by atoms with Gasteiger partial charge in [-0.15, -0.1) is 5.10 Å². The Morgan fingerprint density at radius 2 is 1.88 bits per heavy atom. The number of aromatic amines is 1. The molecule has 3 aromatic rings. The predicted octanol–water partition coefficient (Wildman–Crippen LogP) is 5.59. The van der Waals surface area contributed by atoms with E-state index in [1.807, 2.05) is 45.9 Å². The van der Waals surface area contributed by atoms with Gasteiger partial charge >= 0.3 is 0 Å². The fraction of sp³-hybridized carbons (Fsp3) is 0.304. The number of H-pyrrole nitrogens is 1. The first kappa shape index (κ1) is 25.1. The van der Waals surface area contributed by atoms with Gasteiger partial charge in [-0.3, -0.25) is 14.7 Å². The van der Waals surface area contributed by atoms with Crippen LogP contribution in [-0.2, 0) is 4.79 Å². The zero-order chi connectivity index (χ0) is 24.1. The number of hydrogen-bond donors (Lipinski definition) is 3. The lowest BCUT2D eigenvalue weighted by Gasteiger charge is -2.20. The summed E-state index contributed by atoms with van der Waals surface area (Å²) >= 11 is 13.3. The Bertz CT molecular complexity index is 1170. The van der Waals surface area contributed by atoms with Crippen LogP contribution < -0.4 is 10.6 Å². The van der Waals surface area contributed by atoms with E-state index < -0.39 is 6.04 Å². The molecule has 0 aliphatic heterocycles. The number of nitrogens with one attached hydrogen (secondary N) is 3. The summed E-state index contributed by atoms with van der Waals surface area (Å²) in [6.07, 6.45) is 0. The first-order valence-corrected chi connectivity index (χ1v) is 12.1. The highest BCUT2D eigenvalue weighted by molar-refractivity contribution is 7.99. The predicted molar refractivity (Wildman–Crippen MR) is 133 cm³/mol. The topological polar surface area (TPSA) is 99.8 Å². The molecule has 10 heteroatoms. The molecule has 0 radical (unpaired) electrons. The molecule has 2 amide bonds. The van der Waals surface area contributed by atoms with Gasteiger partial charge in [0.25, 0.3) is 5.91 Å². The Hall–Kier alpha value is -2.55. The molecule has 1 atom stereocenters. The average molecular weight is 506 g/mol. The number of hydrogen-bond acceptors (Lipinski definition) is 5. The molecule has 33 heavy (non-hydrogen) atoms. The molecule has 0 unspecified atom stereocenters. The smallest absolute Gasteiger partial charge is 0.253 e. The molecule has 0 fully saturated rings. The van der Waals surface area contributed by atoms with E-state index in [-0.39, 0.29) is 28.5 Å². The summed E-state index contributed by atoms with van der Waals surface area (Å²) < 4.78 is 0. The SMILES string of the molecule is Cc1ccc(C)c(NC(=O)CSc2n[nH]c([C@@H](NC(=O)c3ccc(Cl)cc3Cl)C(C)C)n2)c1. The van der Waals surface area contributed by atoms with Crippen molar-refractivity contribution in [2.45, 2.75) is 38.9 Å². The fourth-order valence-corrected chi connectivity index (χ4v) is 4.19. The molecule has 0 aliphatic carbocycles.